The molecule has 0 saturated heterocycles. The van der Waals surface area contributed by atoms with Gasteiger partial charge in [-0.15, -0.1) is 0 Å². The van der Waals surface area contributed by atoms with Gasteiger partial charge in [0.2, 0.25) is 0 Å². The molecule has 3 heteroatoms. The zero-order chi connectivity index (χ0) is 17.2. The second-order valence-corrected chi connectivity index (χ2v) is 6.53. The zero-order valence-corrected chi connectivity index (χ0v) is 14.6. The van der Waals surface area contributed by atoms with Crippen LogP contribution in [0.2, 0.25) is 0 Å². The SMILES string of the molecule is COc1ccc(C2c3cc(-c4ccccn4)ccc3CCN2C)cc1. The van der Waals surface area contributed by atoms with Crippen molar-refractivity contribution in [2.45, 2.75) is 12.5 Å². The predicted molar refractivity (Wildman–Crippen MR) is 101 cm³/mol. The average Bonchev–Trinajstić information content (AvgIpc) is 2.68. The van der Waals surface area contributed by atoms with Gasteiger partial charge in [-0.05, 0) is 60.5 Å². The monoisotopic (exact) mass is 330 g/mol. The van der Waals surface area contributed by atoms with Crippen molar-refractivity contribution in [3.05, 3.63) is 83.6 Å². The molecular weight excluding hydrogens is 308 g/mol. The van der Waals surface area contributed by atoms with Crippen LogP contribution in [0.5, 0.6) is 5.75 Å². The second-order valence-electron chi connectivity index (χ2n) is 6.53. The number of ether oxygens (including phenoxy) is 1. The Morgan fingerprint density at radius 2 is 1.88 bits per heavy atom. The molecule has 0 bridgehead atoms. The summed E-state index contributed by atoms with van der Waals surface area (Å²) in [6.07, 6.45) is 2.93. The molecule has 1 aliphatic rings. The van der Waals surface area contributed by atoms with Gasteiger partial charge in [0, 0.05) is 18.3 Å². The Morgan fingerprint density at radius 1 is 1.04 bits per heavy atom. The number of rotatable bonds is 3. The number of hydrogen-bond donors (Lipinski definition) is 0. The number of methoxy groups -OCH3 is 1. The molecule has 0 aliphatic carbocycles. The van der Waals surface area contributed by atoms with Crippen LogP contribution in [-0.2, 0) is 6.42 Å². The molecule has 0 spiro atoms. The molecule has 126 valence electrons. The summed E-state index contributed by atoms with van der Waals surface area (Å²) < 4.78 is 5.31. The molecule has 1 aromatic heterocycles. The van der Waals surface area contributed by atoms with Gasteiger partial charge in [0.15, 0.2) is 0 Å². The van der Waals surface area contributed by atoms with Gasteiger partial charge in [-0.1, -0.05) is 30.3 Å². The smallest absolute Gasteiger partial charge is 0.118 e. The van der Waals surface area contributed by atoms with Crippen LogP contribution in [0.25, 0.3) is 11.3 Å². The molecule has 1 unspecified atom stereocenters. The Labute approximate surface area is 148 Å². The number of nitrogens with zero attached hydrogens (tertiary/aromatic N) is 2. The minimum absolute atomic E-state index is 0.262. The first-order valence-electron chi connectivity index (χ1n) is 8.64. The van der Waals surface area contributed by atoms with Gasteiger partial charge in [0.05, 0.1) is 18.8 Å². The maximum absolute atomic E-state index is 5.31. The van der Waals surface area contributed by atoms with Gasteiger partial charge in [-0.3, -0.25) is 9.88 Å². The number of aromatic nitrogens is 1. The first-order chi connectivity index (χ1) is 12.3. The minimum atomic E-state index is 0.262. The van der Waals surface area contributed by atoms with Crippen molar-refractivity contribution in [1.82, 2.24) is 9.88 Å². The summed E-state index contributed by atoms with van der Waals surface area (Å²) in [6.45, 7) is 1.06. The van der Waals surface area contributed by atoms with Gasteiger partial charge < -0.3 is 4.74 Å². The molecule has 1 atom stereocenters. The van der Waals surface area contributed by atoms with E-state index < -0.39 is 0 Å². The molecule has 2 aromatic carbocycles. The van der Waals surface area contributed by atoms with Crippen LogP contribution in [0.1, 0.15) is 22.7 Å². The summed E-state index contributed by atoms with van der Waals surface area (Å²) in [4.78, 5) is 6.93. The second kappa shape index (κ2) is 6.69. The molecule has 0 radical (unpaired) electrons. The lowest BCUT2D eigenvalue weighted by molar-refractivity contribution is 0.264. The third-order valence-corrected chi connectivity index (χ3v) is 5.01. The largest absolute Gasteiger partial charge is 0.497 e. The quantitative estimate of drug-likeness (QED) is 0.714. The summed E-state index contributed by atoms with van der Waals surface area (Å²) in [5.74, 6) is 0.893. The Balaban J connectivity index is 1.79. The van der Waals surface area contributed by atoms with Crippen LogP contribution >= 0.6 is 0 Å². The van der Waals surface area contributed by atoms with Crippen LogP contribution in [-0.4, -0.2) is 30.6 Å². The van der Waals surface area contributed by atoms with E-state index in [9.17, 15) is 0 Å². The molecular formula is C22H22N2O. The van der Waals surface area contributed by atoms with E-state index in [4.69, 9.17) is 4.74 Å². The number of likely N-dealkylation sites (N-methyl/N-ethyl adjacent to an activating group) is 1. The van der Waals surface area contributed by atoms with E-state index in [1.807, 2.05) is 30.5 Å². The molecule has 0 amide bonds. The Morgan fingerprint density at radius 3 is 2.60 bits per heavy atom. The van der Waals surface area contributed by atoms with Crippen molar-refractivity contribution in [3.63, 3.8) is 0 Å². The van der Waals surface area contributed by atoms with E-state index in [0.29, 0.717) is 0 Å². The summed E-state index contributed by atoms with van der Waals surface area (Å²) in [7, 11) is 3.90. The first-order valence-corrected chi connectivity index (χ1v) is 8.64. The van der Waals surface area contributed by atoms with Crippen LogP contribution in [0, 0.1) is 0 Å². The molecule has 0 fully saturated rings. The van der Waals surface area contributed by atoms with Gasteiger partial charge in [-0.25, -0.2) is 0 Å². The number of fused-ring (bicyclic) bond motifs is 1. The van der Waals surface area contributed by atoms with Crippen molar-refractivity contribution in [2.24, 2.45) is 0 Å². The molecule has 0 saturated carbocycles. The highest BCUT2D eigenvalue weighted by Gasteiger charge is 2.26. The summed E-state index contributed by atoms with van der Waals surface area (Å²) in [5.41, 5.74) is 6.29. The van der Waals surface area contributed by atoms with Crippen LogP contribution in [0.3, 0.4) is 0 Å². The molecule has 2 heterocycles. The molecule has 3 nitrogen and oxygen atoms in total. The van der Waals surface area contributed by atoms with Crippen molar-refractivity contribution >= 4 is 0 Å². The highest BCUT2D eigenvalue weighted by atomic mass is 16.5. The first kappa shape index (κ1) is 15.9. The maximum atomic E-state index is 5.31. The molecule has 25 heavy (non-hydrogen) atoms. The number of pyridine rings is 1. The zero-order valence-electron chi connectivity index (χ0n) is 14.6. The topological polar surface area (TPSA) is 25.4 Å². The number of hydrogen-bond acceptors (Lipinski definition) is 3. The fourth-order valence-corrected chi connectivity index (χ4v) is 3.65. The van der Waals surface area contributed by atoms with Crippen LogP contribution < -0.4 is 4.74 Å². The van der Waals surface area contributed by atoms with E-state index in [1.165, 1.54) is 22.3 Å². The third-order valence-electron chi connectivity index (χ3n) is 5.01. The molecule has 4 rings (SSSR count). The minimum Gasteiger partial charge on any atom is -0.497 e. The molecule has 0 N–H and O–H groups in total. The van der Waals surface area contributed by atoms with Crippen molar-refractivity contribution < 1.29 is 4.74 Å². The Bertz CT molecular complexity index is 859. The van der Waals surface area contributed by atoms with E-state index in [-0.39, 0.29) is 6.04 Å². The number of benzene rings is 2. The standard InChI is InChI=1S/C22H22N2O/c1-24-14-12-16-6-7-18(21-5-3-4-13-23-21)15-20(16)22(24)17-8-10-19(25-2)11-9-17/h3-11,13,15,22H,12,14H2,1-2H3. The van der Waals surface area contributed by atoms with Gasteiger partial charge in [0.25, 0.3) is 0 Å². The lowest BCUT2D eigenvalue weighted by Crippen LogP contribution is -2.32. The highest BCUT2D eigenvalue weighted by molar-refractivity contribution is 5.62. The Hall–Kier alpha value is -2.65. The third kappa shape index (κ3) is 3.03. The van der Waals surface area contributed by atoms with Gasteiger partial charge in [0.1, 0.15) is 5.75 Å². The van der Waals surface area contributed by atoms with E-state index >= 15 is 0 Å². The average molecular weight is 330 g/mol. The normalized spacial score (nSPS) is 17.1. The van der Waals surface area contributed by atoms with Crippen molar-refractivity contribution in [1.29, 1.82) is 0 Å². The van der Waals surface area contributed by atoms with Crippen molar-refractivity contribution in [3.8, 4) is 17.0 Å². The van der Waals surface area contributed by atoms with Crippen LogP contribution in [0.4, 0.5) is 0 Å². The van der Waals surface area contributed by atoms with Gasteiger partial charge >= 0.3 is 0 Å². The Kier molecular flexibility index (Phi) is 4.24. The fraction of sp³-hybridized carbons (Fsp3) is 0.227. The van der Waals surface area contributed by atoms with E-state index in [2.05, 4.69) is 53.3 Å². The van der Waals surface area contributed by atoms with E-state index in [0.717, 1.165) is 24.4 Å². The van der Waals surface area contributed by atoms with Crippen molar-refractivity contribution in [2.75, 3.05) is 20.7 Å². The molecule has 1 aliphatic heterocycles. The lowest BCUT2D eigenvalue weighted by Gasteiger charge is -2.35. The highest BCUT2D eigenvalue weighted by Crippen LogP contribution is 2.36. The summed E-state index contributed by atoms with van der Waals surface area (Å²) >= 11 is 0. The van der Waals surface area contributed by atoms with E-state index in [1.54, 1.807) is 7.11 Å². The van der Waals surface area contributed by atoms with Gasteiger partial charge in [-0.2, -0.15) is 0 Å². The summed E-state index contributed by atoms with van der Waals surface area (Å²) in [6, 6.07) is 21.5. The molecule has 3 aromatic rings. The van der Waals surface area contributed by atoms with Crippen LogP contribution in [0.15, 0.2) is 66.9 Å². The lowest BCUT2D eigenvalue weighted by atomic mass is 9.87. The summed E-state index contributed by atoms with van der Waals surface area (Å²) in [5, 5.41) is 0. The fourth-order valence-electron chi connectivity index (χ4n) is 3.65. The maximum Gasteiger partial charge on any atom is 0.118 e. The predicted octanol–water partition coefficient (Wildman–Crippen LogP) is 4.33.